The summed E-state index contributed by atoms with van der Waals surface area (Å²) >= 11 is 1.10. The highest BCUT2D eigenvalue weighted by Crippen LogP contribution is 2.42. The van der Waals surface area contributed by atoms with Gasteiger partial charge < -0.3 is 14.2 Å². The molecule has 0 aliphatic rings. The van der Waals surface area contributed by atoms with Crippen LogP contribution in [0.25, 0.3) is 17.1 Å². The topological polar surface area (TPSA) is 76.2 Å². The third kappa shape index (κ3) is 4.40. The summed E-state index contributed by atoms with van der Waals surface area (Å²) in [6.07, 6.45) is 2.49. The Labute approximate surface area is 197 Å². The summed E-state index contributed by atoms with van der Waals surface area (Å²) in [6, 6.07) is 9.46. The predicted octanol–water partition coefficient (Wildman–Crippen LogP) is 4.98. The van der Waals surface area contributed by atoms with Crippen LogP contribution in [0.1, 0.15) is 12.4 Å². The number of methoxy groups -OCH3 is 3. The fourth-order valence-electron chi connectivity index (χ4n) is 3.37. The molecule has 0 fully saturated rings. The Hall–Kier alpha value is -3.67. The highest BCUT2D eigenvalue weighted by Gasteiger charge is 2.23. The van der Waals surface area contributed by atoms with Gasteiger partial charge in [0.2, 0.25) is 5.75 Å². The number of nitrogens with zero attached hydrogens (tertiary/aromatic N) is 5. The van der Waals surface area contributed by atoms with Crippen molar-refractivity contribution in [1.82, 2.24) is 24.3 Å². The van der Waals surface area contributed by atoms with E-state index in [0.29, 0.717) is 28.6 Å². The Kier molecular flexibility index (Phi) is 6.96. The molecule has 0 saturated carbocycles. The minimum atomic E-state index is -2.72. The Bertz CT molecular complexity index is 1270. The lowest BCUT2D eigenvalue weighted by atomic mass is 10.1. The Morgan fingerprint density at radius 1 is 1.00 bits per heavy atom. The van der Waals surface area contributed by atoms with Crippen LogP contribution < -0.4 is 14.2 Å². The van der Waals surface area contributed by atoms with Crippen molar-refractivity contribution in [1.29, 1.82) is 0 Å². The second-order valence-corrected chi connectivity index (χ2v) is 7.77. The van der Waals surface area contributed by atoms with Crippen LogP contribution in [-0.4, -0.2) is 45.6 Å². The number of aromatic nitrogens is 5. The number of thioether (sulfide) groups is 1. The quantitative estimate of drug-likeness (QED) is 0.306. The van der Waals surface area contributed by atoms with Crippen LogP contribution in [-0.2, 0) is 5.75 Å². The second kappa shape index (κ2) is 10.1. The minimum Gasteiger partial charge on any atom is -0.493 e. The van der Waals surface area contributed by atoms with Gasteiger partial charge in [0.1, 0.15) is 11.6 Å². The van der Waals surface area contributed by atoms with Gasteiger partial charge in [-0.25, -0.2) is 9.37 Å². The molecule has 2 heterocycles. The maximum Gasteiger partial charge on any atom is 0.319 e. The van der Waals surface area contributed by atoms with Gasteiger partial charge in [-0.15, -0.1) is 10.2 Å². The van der Waals surface area contributed by atoms with Gasteiger partial charge in [-0.2, -0.15) is 8.78 Å². The molecule has 0 saturated heterocycles. The molecule has 0 radical (unpaired) electrons. The van der Waals surface area contributed by atoms with Gasteiger partial charge in [-0.3, -0.25) is 9.13 Å². The molecule has 0 aliphatic carbocycles. The number of para-hydroxylation sites is 1. The molecule has 0 unspecified atom stereocenters. The van der Waals surface area contributed by atoms with Crippen LogP contribution >= 0.6 is 11.8 Å². The highest BCUT2D eigenvalue weighted by atomic mass is 32.2. The number of hydrogen-bond donors (Lipinski definition) is 0. The molecule has 178 valence electrons. The average Bonchev–Trinajstić information content (AvgIpc) is 3.49. The smallest absolute Gasteiger partial charge is 0.319 e. The first-order chi connectivity index (χ1) is 16.5. The van der Waals surface area contributed by atoms with Crippen molar-refractivity contribution in [3.05, 3.63) is 60.4 Å². The fourth-order valence-corrected chi connectivity index (χ4v) is 4.27. The van der Waals surface area contributed by atoms with Gasteiger partial charge in [0.05, 0.1) is 32.8 Å². The summed E-state index contributed by atoms with van der Waals surface area (Å²) < 4.78 is 59.8. The van der Waals surface area contributed by atoms with E-state index in [0.717, 1.165) is 16.3 Å². The van der Waals surface area contributed by atoms with E-state index < -0.39 is 12.4 Å². The van der Waals surface area contributed by atoms with Gasteiger partial charge in [-0.05, 0) is 24.3 Å². The standard InChI is InChI=1S/C22H20F3N5O3S/c1-31-16-10-13(11-17(32-2)19(16)33-3)20-27-28-22(30(20)15-7-5-4-6-14(15)23)34-12-18-26-8-9-29(18)21(24)25/h4-11,21H,12H2,1-3H3. The zero-order valence-electron chi connectivity index (χ0n) is 18.4. The van der Waals surface area contributed by atoms with Gasteiger partial charge in [0, 0.05) is 18.0 Å². The zero-order chi connectivity index (χ0) is 24.2. The normalized spacial score (nSPS) is 11.1. The van der Waals surface area contributed by atoms with Crippen LogP contribution in [0.5, 0.6) is 17.2 Å². The molecule has 0 atom stereocenters. The summed E-state index contributed by atoms with van der Waals surface area (Å²) in [4.78, 5) is 3.99. The van der Waals surface area contributed by atoms with Gasteiger partial charge in [-0.1, -0.05) is 23.9 Å². The van der Waals surface area contributed by atoms with Crippen molar-refractivity contribution in [2.45, 2.75) is 17.5 Å². The molecule has 0 bridgehead atoms. The van der Waals surface area contributed by atoms with E-state index in [4.69, 9.17) is 14.2 Å². The van der Waals surface area contributed by atoms with Gasteiger partial charge in [0.25, 0.3) is 0 Å². The summed E-state index contributed by atoms with van der Waals surface area (Å²) in [5.41, 5.74) is 0.710. The summed E-state index contributed by atoms with van der Waals surface area (Å²) in [6.45, 7) is -2.72. The van der Waals surface area contributed by atoms with E-state index in [1.54, 1.807) is 30.3 Å². The summed E-state index contributed by atoms with van der Waals surface area (Å²) in [5, 5.41) is 8.76. The van der Waals surface area contributed by atoms with Gasteiger partial charge in [0.15, 0.2) is 22.5 Å². The number of imidazole rings is 1. The first-order valence-electron chi connectivity index (χ1n) is 9.91. The van der Waals surface area contributed by atoms with Crippen molar-refractivity contribution in [3.63, 3.8) is 0 Å². The fraction of sp³-hybridized carbons (Fsp3) is 0.227. The number of ether oxygens (including phenoxy) is 3. The van der Waals surface area contributed by atoms with E-state index in [9.17, 15) is 13.2 Å². The monoisotopic (exact) mass is 491 g/mol. The molecule has 0 spiro atoms. The molecule has 0 N–H and O–H groups in total. The first kappa shape index (κ1) is 23.5. The molecule has 4 aromatic rings. The lowest BCUT2D eigenvalue weighted by molar-refractivity contribution is 0.0678. The van der Waals surface area contributed by atoms with Crippen LogP contribution in [0.4, 0.5) is 13.2 Å². The third-order valence-electron chi connectivity index (χ3n) is 4.94. The molecule has 2 aromatic carbocycles. The molecule has 0 aliphatic heterocycles. The Morgan fingerprint density at radius 2 is 1.71 bits per heavy atom. The van der Waals surface area contributed by atoms with Crippen molar-refractivity contribution >= 4 is 11.8 Å². The van der Waals surface area contributed by atoms with E-state index in [1.807, 2.05) is 0 Å². The Balaban J connectivity index is 1.83. The van der Waals surface area contributed by atoms with E-state index in [-0.39, 0.29) is 22.4 Å². The SMILES string of the molecule is COc1cc(-c2nnc(SCc3nccn3C(F)F)n2-c2ccccc2F)cc(OC)c1OC. The number of rotatable bonds is 9. The summed E-state index contributed by atoms with van der Waals surface area (Å²) in [5.74, 6) is 1.16. The van der Waals surface area contributed by atoms with Crippen LogP contribution in [0.15, 0.2) is 53.9 Å². The number of alkyl halides is 2. The maximum atomic E-state index is 14.9. The van der Waals surface area contributed by atoms with Crippen molar-refractivity contribution < 1.29 is 27.4 Å². The molecule has 34 heavy (non-hydrogen) atoms. The van der Waals surface area contributed by atoms with Crippen molar-refractivity contribution in [2.75, 3.05) is 21.3 Å². The number of hydrogen-bond acceptors (Lipinski definition) is 7. The zero-order valence-corrected chi connectivity index (χ0v) is 19.2. The van der Waals surface area contributed by atoms with Crippen molar-refractivity contribution in [2.24, 2.45) is 0 Å². The first-order valence-corrected chi connectivity index (χ1v) is 10.9. The Morgan fingerprint density at radius 3 is 2.32 bits per heavy atom. The maximum absolute atomic E-state index is 14.9. The molecule has 8 nitrogen and oxygen atoms in total. The molecule has 4 rings (SSSR count). The van der Waals surface area contributed by atoms with E-state index >= 15 is 0 Å². The van der Waals surface area contributed by atoms with E-state index in [1.165, 1.54) is 44.4 Å². The molecule has 0 amide bonds. The van der Waals surface area contributed by atoms with Crippen LogP contribution in [0, 0.1) is 5.82 Å². The predicted molar refractivity (Wildman–Crippen MR) is 119 cm³/mol. The number of benzene rings is 2. The molecular weight excluding hydrogens is 471 g/mol. The number of halogens is 3. The molecule has 12 heteroatoms. The lowest BCUT2D eigenvalue weighted by Crippen LogP contribution is -2.05. The van der Waals surface area contributed by atoms with Gasteiger partial charge >= 0.3 is 6.55 Å². The molecular formula is C22H20F3N5O3S. The van der Waals surface area contributed by atoms with E-state index in [2.05, 4.69) is 15.2 Å². The summed E-state index contributed by atoms with van der Waals surface area (Å²) in [7, 11) is 4.45. The molecule has 2 aromatic heterocycles. The highest BCUT2D eigenvalue weighted by molar-refractivity contribution is 7.98. The lowest BCUT2D eigenvalue weighted by Gasteiger charge is -2.15. The minimum absolute atomic E-state index is 0.0686. The third-order valence-corrected chi connectivity index (χ3v) is 5.86. The van der Waals surface area contributed by atoms with Crippen LogP contribution in [0.2, 0.25) is 0 Å². The van der Waals surface area contributed by atoms with Crippen LogP contribution in [0.3, 0.4) is 0 Å². The van der Waals surface area contributed by atoms with Crippen molar-refractivity contribution in [3.8, 4) is 34.3 Å². The largest absolute Gasteiger partial charge is 0.493 e. The second-order valence-electron chi connectivity index (χ2n) is 6.82. The average molecular weight is 491 g/mol.